The molecule has 3 aromatic rings. The summed E-state index contributed by atoms with van der Waals surface area (Å²) < 4.78 is 43.3. The number of fused-ring (bicyclic) bond motifs is 1. The Bertz CT molecular complexity index is 1230. The van der Waals surface area contributed by atoms with E-state index in [1.54, 1.807) is 24.3 Å². The average Bonchev–Trinajstić information content (AvgIpc) is 3.17. The van der Waals surface area contributed by atoms with Crippen LogP contribution in [0.3, 0.4) is 0 Å². The quantitative estimate of drug-likeness (QED) is 0.516. The number of piperazine rings is 1. The van der Waals surface area contributed by atoms with E-state index < -0.39 is 16.2 Å². The maximum atomic E-state index is 13.0. The van der Waals surface area contributed by atoms with E-state index in [4.69, 9.17) is 14.3 Å². The van der Waals surface area contributed by atoms with Crippen molar-refractivity contribution >= 4 is 48.8 Å². The summed E-state index contributed by atoms with van der Waals surface area (Å²) >= 11 is 3.55. The van der Waals surface area contributed by atoms with Crippen molar-refractivity contribution < 1.29 is 32.2 Å². The number of rotatable bonds is 5. The number of methoxy groups -OCH3 is 1. The van der Waals surface area contributed by atoms with E-state index in [1.165, 1.54) is 23.5 Å². The minimum atomic E-state index is -3.63. The number of benzene rings is 2. The summed E-state index contributed by atoms with van der Waals surface area (Å²) in [6.07, 6.45) is -1.45. The zero-order valence-electron chi connectivity index (χ0n) is 16.4. The number of nitrogens with zero attached hydrogens (tertiary/aromatic N) is 2. The molecule has 0 spiro atoms. The zero-order chi connectivity index (χ0) is 22.2. The first kappa shape index (κ1) is 21.5. The van der Waals surface area contributed by atoms with Gasteiger partial charge in [0.25, 0.3) is 5.95 Å². The molecule has 1 N–H and O–H groups in total. The lowest BCUT2D eigenvalue weighted by Crippen LogP contribution is -2.48. The first-order chi connectivity index (χ1) is 14.8. The summed E-state index contributed by atoms with van der Waals surface area (Å²) in [5, 5.41) is 9.43. The highest BCUT2D eigenvalue weighted by Crippen LogP contribution is 2.38. The first-order valence-electron chi connectivity index (χ1n) is 9.31. The fourth-order valence-electron chi connectivity index (χ4n) is 3.50. The maximum absolute atomic E-state index is 13.0. The molecule has 0 atom stereocenters. The Morgan fingerprint density at radius 2 is 1.87 bits per heavy atom. The molecular formula is C20H19BrN2O7S. The van der Waals surface area contributed by atoms with E-state index >= 15 is 0 Å². The van der Waals surface area contributed by atoms with Gasteiger partial charge in [0.2, 0.25) is 10.0 Å². The van der Waals surface area contributed by atoms with Gasteiger partial charge in [0, 0.05) is 43.7 Å². The van der Waals surface area contributed by atoms with Gasteiger partial charge in [0.1, 0.15) is 11.3 Å². The molecule has 4 rings (SSSR count). The van der Waals surface area contributed by atoms with Crippen molar-refractivity contribution in [1.29, 1.82) is 0 Å². The molecule has 1 saturated heterocycles. The molecule has 0 aliphatic carbocycles. The monoisotopic (exact) mass is 510 g/mol. The van der Waals surface area contributed by atoms with Crippen molar-refractivity contribution in [1.82, 2.24) is 4.31 Å². The highest BCUT2D eigenvalue weighted by molar-refractivity contribution is 9.10. The third kappa shape index (κ3) is 4.21. The molecule has 0 amide bonds. The number of hydrogen-bond donors (Lipinski definition) is 1. The van der Waals surface area contributed by atoms with Gasteiger partial charge in [-0.3, -0.25) is 0 Å². The molecule has 2 aromatic carbocycles. The standard InChI is InChI=1S/C20H19BrN2O7S/c1-28-13-3-2-4-14(11-13)31(26,27)23-9-7-22(8-10-23)16-5-6-17-15(19(16)21)12-18(29-17)30-20(24)25/h2-6,11-12H,7-10H2,1H3,(H,24,25). The van der Waals surface area contributed by atoms with Crippen LogP contribution in [0.1, 0.15) is 0 Å². The maximum Gasteiger partial charge on any atom is 0.513 e. The van der Waals surface area contributed by atoms with Crippen LogP contribution in [0.4, 0.5) is 10.5 Å². The second kappa shape index (κ2) is 8.40. The van der Waals surface area contributed by atoms with Crippen molar-refractivity contribution in [2.75, 3.05) is 38.2 Å². The van der Waals surface area contributed by atoms with Crippen molar-refractivity contribution in [2.45, 2.75) is 4.90 Å². The molecular weight excluding hydrogens is 492 g/mol. The van der Waals surface area contributed by atoms with Gasteiger partial charge in [-0.05, 0) is 40.2 Å². The highest BCUT2D eigenvalue weighted by Gasteiger charge is 2.29. The summed E-state index contributed by atoms with van der Waals surface area (Å²) in [4.78, 5) is 13.0. The Balaban J connectivity index is 1.52. The highest BCUT2D eigenvalue weighted by atomic mass is 79.9. The van der Waals surface area contributed by atoms with Crippen LogP contribution in [-0.2, 0) is 10.0 Å². The molecule has 0 saturated carbocycles. The Hall–Kier alpha value is -2.76. The van der Waals surface area contributed by atoms with Crippen molar-refractivity contribution in [3.05, 3.63) is 46.9 Å². The molecule has 2 heterocycles. The number of hydrogen-bond acceptors (Lipinski definition) is 7. The van der Waals surface area contributed by atoms with Crippen molar-refractivity contribution in [3.8, 4) is 11.7 Å². The fraction of sp³-hybridized carbons (Fsp3) is 0.250. The normalized spacial score (nSPS) is 15.2. The number of ether oxygens (including phenoxy) is 2. The van der Waals surface area contributed by atoms with Gasteiger partial charge in [0.15, 0.2) is 0 Å². The predicted octanol–water partition coefficient (Wildman–Crippen LogP) is 3.77. The van der Waals surface area contributed by atoms with Gasteiger partial charge in [-0.25, -0.2) is 13.2 Å². The first-order valence-corrected chi connectivity index (χ1v) is 11.5. The summed E-state index contributed by atoms with van der Waals surface area (Å²) in [5.74, 6) is 0.373. The molecule has 31 heavy (non-hydrogen) atoms. The molecule has 0 unspecified atom stereocenters. The fourth-order valence-corrected chi connectivity index (χ4v) is 5.65. The van der Waals surface area contributed by atoms with E-state index in [9.17, 15) is 13.2 Å². The number of carbonyl (C=O) groups is 1. The third-order valence-electron chi connectivity index (χ3n) is 5.04. The van der Waals surface area contributed by atoms with Crippen molar-refractivity contribution in [2.24, 2.45) is 0 Å². The lowest BCUT2D eigenvalue weighted by atomic mass is 10.2. The SMILES string of the molecule is COc1cccc(S(=O)(=O)N2CCN(c3ccc4oc(OC(=O)O)cc4c3Br)CC2)c1. The van der Waals surface area contributed by atoms with Crippen LogP contribution >= 0.6 is 15.9 Å². The van der Waals surface area contributed by atoms with Gasteiger partial charge in [0.05, 0.1) is 22.2 Å². The lowest BCUT2D eigenvalue weighted by Gasteiger charge is -2.35. The number of sulfonamides is 1. The number of carboxylic acid groups (broad SMARTS) is 1. The molecule has 1 aliphatic rings. The molecule has 11 heteroatoms. The minimum absolute atomic E-state index is 0.116. The Morgan fingerprint density at radius 3 is 2.55 bits per heavy atom. The van der Waals surface area contributed by atoms with Crippen LogP contribution in [0.15, 0.2) is 56.2 Å². The van der Waals surface area contributed by atoms with Gasteiger partial charge < -0.3 is 23.9 Å². The third-order valence-corrected chi connectivity index (χ3v) is 7.77. The smallest absolute Gasteiger partial charge is 0.497 e. The molecule has 1 aliphatic heterocycles. The van der Waals surface area contributed by atoms with E-state index in [0.29, 0.717) is 42.9 Å². The number of furan rings is 1. The van der Waals surface area contributed by atoms with Crippen LogP contribution in [0.25, 0.3) is 11.0 Å². The van der Waals surface area contributed by atoms with Crippen molar-refractivity contribution in [3.63, 3.8) is 0 Å². The Kier molecular flexibility index (Phi) is 5.82. The summed E-state index contributed by atoms with van der Waals surface area (Å²) in [5.41, 5.74) is 1.33. The van der Waals surface area contributed by atoms with Gasteiger partial charge in [-0.1, -0.05) is 6.07 Å². The summed E-state index contributed by atoms with van der Waals surface area (Å²) in [7, 11) is -2.13. The van der Waals surface area contributed by atoms with Crippen LogP contribution in [-0.4, -0.2) is 57.3 Å². The predicted molar refractivity (Wildman–Crippen MR) is 117 cm³/mol. The Morgan fingerprint density at radius 1 is 1.13 bits per heavy atom. The molecule has 1 fully saturated rings. The van der Waals surface area contributed by atoms with Crippen LogP contribution in [0.5, 0.6) is 11.7 Å². The van der Waals surface area contributed by atoms with Gasteiger partial charge in [-0.2, -0.15) is 4.31 Å². The molecule has 0 radical (unpaired) electrons. The Labute approximate surface area is 186 Å². The lowest BCUT2D eigenvalue weighted by molar-refractivity contribution is 0.134. The zero-order valence-corrected chi connectivity index (χ0v) is 18.8. The molecule has 0 bridgehead atoms. The van der Waals surface area contributed by atoms with E-state index in [-0.39, 0.29) is 10.8 Å². The average molecular weight is 511 g/mol. The van der Waals surface area contributed by atoms with Gasteiger partial charge >= 0.3 is 6.16 Å². The largest absolute Gasteiger partial charge is 0.513 e. The van der Waals surface area contributed by atoms with Gasteiger partial charge in [-0.15, -0.1) is 0 Å². The minimum Gasteiger partial charge on any atom is -0.497 e. The van der Waals surface area contributed by atoms with E-state index in [1.807, 2.05) is 6.07 Å². The van der Waals surface area contributed by atoms with Crippen LogP contribution in [0.2, 0.25) is 0 Å². The number of halogens is 1. The number of anilines is 1. The summed E-state index contributed by atoms with van der Waals surface area (Å²) in [6, 6.07) is 11.5. The van der Waals surface area contributed by atoms with E-state index in [2.05, 4.69) is 25.6 Å². The second-order valence-corrected chi connectivity index (χ2v) is 9.54. The van der Waals surface area contributed by atoms with E-state index in [0.717, 1.165) is 10.2 Å². The summed E-state index contributed by atoms with van der Waals surface area (Å²) in [6.45, 7) is 1.62. The molecule has 9 nitrogen and oxygen atoms in total. The molecule has 1 aromatic heterocycles. The van der Waals surface area contributed by atoms with Crippen LogP contribution in [0, 0.1) is 0 Å². The second-order valence-electron chi connectivity index (χ2n) is 6.81. The molecule has 164 valence electrons. The van der Waals surface area contributed by atoms with Crippen LogP contribution < -0.4 is 14.4 Å². The topological polar surface area (TPSA) is 110 Å².